The summed E-state index contributed by atoms with van der Waals surface area (Å²) in [7, 11) is -1.77. The van der Waals surface area contributed by atoms with Crippen molar-refractivity contribution >= 4 is 15.9 Å². The van der Waals surface area contributed by atoms with E-state index in [0.717, 1.165) is 19.1 Å². The molecule has 1 saturated heterocycles. The van der Waals surface area contributed by atoms with Crippen LogP contribution >= 0.6 is 0 Å². The molecule has 2 atom stereocenters. The maximum atomic E-state index is 12.2. The van der Waals surface area contributed by atoms with Crippen LogP contribution < -0.4 is 0 Å². The van der Waals surface area contributed by atoms with Gasteiger partial charge in [-0.15, -0.1) is 0 Å². The number of carbonyl (C=O) groups is 1. The number of hydrogen-bond acceptors (Lipinski definition) is 4. The van der Waals surface area contributed by atoms with Gasteiger partial charge < -0.3 is 10.0 Å². The molecule has 2 unspecified atom stereocenters. The molecule has 1 amide bonds. The molecule has 7 heteroatoms. The van der Waals surface area contributed by atoms with Crippen LogP contribution in [0.1, 0.15) is 26.2 Å². The molecule has 18 heavy (non-hydrogen) atoms. The Labute approximate surface area is 109 Å². The van der Waals surface area contributed by atoms with E-state index in [9.17, 15) is 18.3 Å². The molecule has 6 nitrogen and oxygen atoms in total. The van der Waals surface area contributed by atoms with E-state index in [2.05, 4.69) is 0 Å². The van der Waals surface area contributed by atoms with Crippen molar-refractivity contribution in [2.45, 2.75) is 38.3 Å². The predicted molar refractivity (Wildman–Crippen MR) is 68.5 cm³/mol. The molecule has 1 heterocycles. The molecule has 1 fully saturated rings. The lowest BCUT2D eigenvalue weighted by Gasteiger charge is -2.35. The van der Waals surface area contributed by atoms with E-state index in [1.165, 1.54) is 9.21 Å². The van der Waals surface area contributed by atoms with E-state index in [0.29, 0.717) is 13.0 Å². The van der Waals surface area contributed by atoms with Crippen LogP contribution in [-0.2, 0) is 14.8 Å². The highest BCUT2D eigenvalue weighted by molar-refractivity contribution is 7.88. The molecule has 0 radical (unpaired) electrons. The monoisotopic (exact) mass is 278 g/mol. The van der Waals surface area contributed by atoms with Gasteiger partial charge in [0.25, 0.3) is 0 Å². The smallest absolute Gasteiger partial charge is 0.240 e. The van der Waals surface area contributed by atoms with Crippen molar-refractivity contribution in [2.75, 3.05) is 26.4 Å². The van der Waals surface area contributed by atoms with Crippen molar-refractivity contribution in [3.63, 3.8) is 0 Å². The van der Waals surface area contributed by atoms with E-state index in [1.807, 2.05) is 0 Å². The molecule has 0 aromatic carbocycles. The van der Waals surface area contributed by atoms with Gasteiger partial charge in [-0.25, -0.2) is 8.42 Å². The van der Waals surface area contributed by atoms with Crippen molar-refractivity contribution in [2.24, 2.45) is 0 Å². The molecule has 1 aliphatic rings. The number of aliphatic hydroxyl groups excluding tert-OH is 1. The van der Waals surface area contributed by atoms with Crippen LogP contribution in [0.15, 0.2) is 0 Å². The number of amides is 1. The number of piperidine rings is 1. The Morgan fingerprint density at radius 2 is 2.11 bits per heavy atom. The van der Waals surface area contributed by atoms with Gasteiger partial charge in [-0.3, -0.25) is 4.79 Å². The van der Waals surface area contributed by atoms with Crippen molar-refractivity contribution in [3.8, 4) is 0 Å². The second-order valence-corrected chi connectivity index (χ2v) is 6.89. The zero-order chi connectivity index (χ0) is 13.9. The normalized spacial score (nSPS) is 23.7. The van der Waals surface area contributed by atoms with Crippen molar-refractivity contribution in [3.05, 3.63) is 0 Å². The van der Waals surface area contributed by atoms with E-state index in [1.54, 1.807) is 14.0 Å². The number of nitrogens with zero attached hydrogens (tertiary/aromatic N) is 2. The van der Waals surface area contributed by atoms with E-state index in [-0.39, 0.29) is 12.5 Å². The Bertz CT molecular complexity index is 394. The number of aliphatic hydroxyl groups is 1. The zero-order valence-electron chi connectivity index (χ0n) is 11.2. The second-order valence-electron chi connectivity index (χ2n) is 4.95. The molecule has 106 valence electrons. The molecule has 1 N–H and O–H groups in total. The highest BCUT2D eigenvalue weighted by Gasteiger charge is 2.35. The third kappa shape index (κ3) is 3.93. The molecular weight excluding hydrogens is 256 g/mol. The van der Waals surface area contributed by atoms with E-state index < -0.39 is 22.2 Å². The van der Waals surface area contributed by atoms with Crippen molar-refractivity contribution in [1.29, 1.82) is 0 Å². The summed E-state index contributed by atoms with van der Waals surface area (Å²) in [5.74, 6) is -0.235. The summed E-state index contributed by atoms with van der Waals surface area (Å²) in [4.78, 5) is 13.6. The Morgan fingerprint density at radius 1 is 1.50 bits per heavy atom. The van der Waals surface area contributed by atoms with Crippen molar-refractivity contribution < 1.29 is 18.3 Å². The van der Waals surface area contributed by atoms with E-state index >= 15 is 0 Å². The van der Waals surface area contributed by atoms with Gasteiger partial charge in [-0.05, 0) is 19.8 Å². The van der Waals surface area contributed by atoms with Crippen LogP contribution in [0.5, 0.6) is 0 Å². The first-order valence-corrected chi connectivity index (χ1v) is 7.98. The summed E-state index contributed by atoms with van der Waals surface area (Å²) in [5.41, 5.74) is 0. The van der Waals surface area contributed by atoms with Crippen LogP contribution in [0.25, 0.3) is 0 Å². The Hall–Kier alpha value is -0.660. The maximum Gasteiger partial charge on any atom is 0.240 e. The Balaban J connectivity index is 2.81. The van der Waals surface area contributed by atoms with Gasteiger partial charge in [-0.2, -0.15) is 4.31 Å². The van der Waals surface area contributed by atoms with Crippen LogP contribution in [0.4, 0.5) is 0 Å². The molecule has 0 aromatic rings. The van der Waals surface area contributed by atoms with Gasteiger partial charge >= 0.3 is 0 Å². The average Bonchev–Trinajstić information content (AvgIpc) is 2.26. The zero-order valence-corrected chi connectivity index (χ0v) is 12.0. The Morgan fingerprint density at radius 3 is 2.61 bits per heavy atom. The van der Waals surface area contributed by atoms with Gasteiger partial charge in [0.15, 0.2) is 0 Å². The van der Waals surface area contributed by atoms with Gasteiger partial charge in [0.2, 0.25) is 15.9 Å². The van der Waals surface area contributed by atoms with Crippen LogP contribution in [0.3, 0.4) is 0 Å². The quantitative estimate of drug-likeness (QED) is 0.762. The number of rotatable bonds is 4. The minimum Gasteiger partial charge on any atom is -0.392 e. The summed E-state index contributed by atoms with van der Waals surface area (Å²) in [5, 5.41) is 9.27. The van der Waals surface area contributed by atoms with Crippen LogP contribution in [0, 0.1) is 0 Å². The first-order valence-electron chi connectivity index (χ1n) is 6.13. The number of likely N-dealkylation sites (N-methyl/N-ethyl adjacent to an activating group) is 1. The van der Waals surface area contributed by atoms with Crippen LogP contribution in [0.2, 0.25) is 0 Å². The van der Waals surface area contributed by atoms with Gasteiger partial charge in [0.1, 0.15) is 6.04 Å². The largest absolute Gasteiger partial charge is 0.392 e. The molecule has 1 rings (SSSR count). The topological polar surface area (TPSA) is 77.9 Å². The fourth-order valence-electron chi connectivity index (χ4n) is 2.29. The van der Waals surface area contributed by atoms with E-state index in [4.69, 9.17) is 0 Å². The molecule has 0 spiro atoms. The Kier molecular flexibility index (Phi) is 5.12. The third-order valence-electron chi connectivity index (χ3n) is 3.08. The summed E-state index contributed by atoms with van der Waals surface area (Å²) >= 11 is 0. The molecule has 0 aromatic heterocycles. The number of hydrogen-bond donors (Lipinski definition) is 1. The summed E-state index contributed by atoms with van der Waals surface area (Å²) in [6, 6.07) is -0.613. The fraction of sp³-hybridized carbons (Fsp3) is 0.909. The van der Waals surface area contributed by atoms with Crippen LogP contribution in [-0.4, -0.2) is 67.2 Å². The number of sulfonamides is 1. The highest BCUT2D eigenvalue weighted by Crippen LogP contribution is 2.21. The lowest BCUT2D eigenvalue weighted by Crippen LogP contribution is -2.52. The summed E-state index contributed by atoms with van der Waals surface area (Å²) in [6.07, 6.45) is 2.71. The standard InChI is InChI=1S/C11H22N2O4S/c1-9(14)8-12(2)11(15)10-6-4-5-7-13(10)18(3,16)17/h9-10,14H,4-8H2,1-3H3. The molecule has 0 bridgehead atoms. The maximum absolute atomic E-state index is 12.2. The highest BCUT2D eigenvalue weighted by atomic mass is 32.2. The minimum atomic E-state index is -3.36. The van der Waals surface area contributed by atoms with Gasteiger partial charge in [-0.1, -0.05) is 6.42 Å². The number of carbonyl (C=O) groups excluding carboxylic acids is 1. The average molecular weight is 278 g/mol. The lowest BCUT2D eigenvalue weighted by molar-refractivity contribution is -0.136. The molecule has 1 aliphatic heterocycles. The SMILES string of the molecule is CC(O)CN(C)C(=O)C1CCCCN1S(C)(=O)=O. The molecular formula is C11H22N2O4S. The van der Waals surface area contributed by atoms with Crippen molar-refractivity contribution in [1.82, 2.24) is 9.21 Å². The molecule has 0 aliphatic carbocycles. The predicted octanol–water partition coefficient (Wildman–Crippen LogP) is -0.360. The third-order valence-corrected chi connectivity index (χ3v) is 4.37. The second kappa shape index (κ2) is 5.99. The first kappa shape index (κ1) is 15.4. The molecule has 0 saturated carbocycles. The minimum absolute atomic E-state index is 0.215. The van der Waals surface area contributed by atoms with Gasteiger partial charge in [0, 0.05) is 20.1 Å². The fourth-order valence-corrected chi connectivity index (χ4v) is 3.41. The first-order chi connectivity index (χ1) is 8.23. The lowest BCUT2D eigenvalue weighted by atomic mass is 10.0. The summed E-state index contributed by atoms with van der Waals surface area (Å²) in [6.45, 7) is 2.21. The van der Waals surface area contributed by atoms with Gasteiger partial charge in [0.05, 0.1) is 12.4 Å². The summed E-state index contributed by atoms with van der Waals surface area (Å²) < 4.78 is 24.6.